The zero-order chi connectivity index (χ0) is 14.4. The van der Waals surface area contributed by atoms with E-state index in [0.717, 1.165) is 31.7 Å². The van der Waals surface area contributed by atoms with E-state index in [-0.39, 0.29) is 11.6 Å². The molecular weight excluding hydrogens is 252 g/mol. The lowest BCUT2D eigenvalue weighted by atomic mass is 10.1. The van der Waals surface area contributed by atoms with Gasteiger partial charge in [0.25, 0.3) is 5.56 Å². The topological polar surface area (TPSA) is 50.2 Å². The number of nitrogens with zero attached hydrogens (tertiary/aromatic N) is 3. The minimum atomic E-state index is -0.00165. The van der Waals surface area contributed by atoms with Gasteiger partial charge in [0.2, 0.25) is 0 Å². The van der Waals surface area contributed by atoms with E-state index in [2.05, 4.69) is 29.2 Å². The minimum Gasteiger partial charge on any atom is -0.370 e. The third-order valence-electron chi connectivity index (χ3n) is 3.77. The molecule has 2 rings (SSSR count). The zero-order valence-corrected chi connectivity index (χ0v) is 12.6. The molecule has 0 bridgehead atoms. The van der Waals surface area contributed by atoms with Gasteiger partial charge in [-0.15, -0.1) is 0 Å². The van der Waals surface area contributed by atoms with Crippen molar-refractivity contribution in [2.24, 2.45) is 0 Å². The van der Waals surface area contributed by atoms with Crippen LogP contribution in [0.4, 0.5) is 5.69 Å². The van der Waals surface area contributed by atoms with Gasteiger partial charge < -0.3 is 10.2 Å². The SMILES string of the molecule is CCCNC(C)Cn1ncc(N2CCCCC2)cc1=O. The molecule has 0 aromatic carbocycles. The Morgan fingerprint density at radius 3 is 2.75 bits per heavy atom. The van der Waals surface area contributed by atoms with Gasteiger partial charge in [-0.05, 0) is 39.2 Å². The predicted octanol–water partition coefficient (Wildman–Crippen LogP) is 1.62. The number of hydrogen-bond acceptors (Lipinski definition) is 4. The van der Waals surface area contributed by atoms with Crippen molar-refractivity contribution in [3.05, 3.63) is 22.6 Å². The lowest BCUT2D eigenvalue weighted by Crippen LogP contribution is -2.37. The Hall–Kier alpha value is -1.36. The fourth-order valence-electron chi connectivity index (χ4n) is 2.60. The van der Waals surface area contributed by atoms with Crippen molar-refractivity contribution in [1.82, 2.24) is 15.1 Å². The van der Waals surface area contributed by atoms with Gasteiger partial charge >= 0.3 is 0 Å². The van der Waals surface area contributed by atoms with Crippen molar-refractivity contribution < 1.29 is 0 Å². The molecule has 112 valence electrons. The van der Waals surface area contributed by atoms with Crippen LogP contribution >= 0.6 is 0 Å². The molecule has 0 spiro atoms. The molecule has 0 saturated carbocycles. The first-order chi connectivity index (χ1) is 9.70. The van der Waals surface area contributed by atoms with Gasteiger partial charge in [-0.3, -0.25) is 4.79 Å². The van der Waals surface area contributed by atoms with Crippen molar-refractivity contribution in [2.45, 2.75) is 52.1 Å². The summed E-state index contributed by atoms with van der Waals surface area (Å²) in [5, 5.41) is 7.70. The summed E-state index contributed by atoms with van der Waals surface area (Å²) >= 11 is 0. The fourth-order valence-corrected chi connectivity index (χ4v) is 2.60. The van der Waals surface area contributed by atoms with Gasteiger partial charge in [-0.25, -0.2) is 4.68 Å². The molecule has 0 radical (unpaired) electrons. The molecule has 5 heteroatoms. The molecular formula is C15H26N4O. The Labute approximate surface area is 121 Å². The van der Waals surface area contributed by atoms with E-state index < -0.39 is 0 Å². The summed E-state index contributed by atoms with van der Waals surface area (Å²) in [6.45, 7) is 7.90. The van der Waals surface area contributed by atoms with Crippen LogP contribution < -0.4 is 15.8 Å². The fraction of sp³-hybridized carbons (Fsp3) is 0.733. The summed E-state index contributed by atoms with van der Waals surface area (Å²) in [6, 6.07) is 1.99. The smallest absolute Gasteiger partial charge is 0.268 e. The van der Waals surface area contributed by atoms with Crippen LogP contribution in [0, 0.1) is 0 Å². The van der Waals surface area contributed by atoms with Crippen LogP contribution in [-0.4, -0.2) is 35.5 Å². The third kappa shape index (κ3) is 4.07. The van der Waals surface area contributed by atoms with Crippen LogP contribution in [-0.2, 0) is 6.54 Å². The van der Waals surface area contributed by atoms with Gasteiger partial charge in [-0.2, -0.15) is 5.10 Å². The van der Waals surface area contributed by atoms with Crippen LogP contribution in [0.3, 0.4) is 0 Å². The second-order valence-electron chi connectivity index (χ2n) is 5.64. The molecule has 1 aromatic rings. The summed E-state index contributed by atoms with van der Waals surface area (Å²) in [5.74, 6) is 0. The maximum Gasteiger partial charge on any atom is 0.268 e. The van der Waals surface area contributed by atoms with Crippen LogP contribution in [0.25, 0.3) is 0 Å². The highest BCUT2D eigenvalue weighted by Crippen LogP contribution is 2.16. The Bertz CT molecular complexity index is 465. The summed E-state index contributed by atoms with van der Waals surface area (Å²) in [4.78, 5) is 14.4. The second-order valence-corrected chi connectivity index (χ2v) is 5.64. The van der Waals surface area contributed by atoms with Crippen LogP contribution in [0.2, 0.25) is 0 Å². The number of rotatable bonds is 6. The van der Waals surface area contributed by atoms with Gasteiger partial charge in [-0.1, -0.05) is 6.92 Å². The highest BCUT2D eigenvalue weighted by molar-refractivity contribution is 5.43. The normalized spacial score (nSPS) is 17.2. The van der Waals surface area contributed by atoms with Gasteiger partial charge in [0.15, 0.2) is 0 Å². The van der Waals surface area contributed by atoms with Gasteiger partial charge in [0.05, 0.1) is 18.4 Å². The molecule has 0 amide bonds. The van der Waals surface area contributed by atoms with E-state index >= 15 is 0 Å². The van der Waals surface area contributed by atoms with Crippen molar-refractivity contribution in [3.8, 4) is 0 Å². The third-order valence-corrected chi connectivity index (χ3v) is 3.77. The Balaban J connectivity index is 2.00. The van der Waals surface area contributed by atoms with Crippen LogP contribution in [0.1, 0.15) is 39.5 Å². The first-order valence-corrected chi connectivity index (χ1v) is 7.76. The molecule has 1 aliphatic heterocycles. The number of anilines is 1. The highest BCUT2D eigenvalue weighted by Gasteiger charge is 2.13. The van der Waals surface area contributed by atoms with Crippen LogP contribution in [0.15, 0.2) is 17.1 Å². The quantitative estimate of drug-likeness (QED) is 0.859. The van der Waals surface area contributed by atoms with Crippen molar-refractivity contribution in [3.63, 3.8) is 0 Å². The van der Waals surface area contributed by atoms with Crippen molar-refractivity contribution in [1.29, 1.82) is 0 Å². The zero-order valence-electron chi connectivity index (χ0n) is 12.6. The molecule has 1 saturated heterocycles. The lowest BCUT2D eigenvalue weighted by molar-refractivity contribution is 0.438. The van der Waals surface area contributed by atoms with Crippen molar-refractivity contribution >= 4 is 5.69 Å². The molecule has 1 aromatic heterocycles. The Morgan fingerprint density at radius 2 is 2.10 bits per heavy atom. The molecule has 5 nitrogen and oxygen atoms in total. The molecule has 1 aliphatic rings. The molecule has 1 atom stereocenters. The van der Waals surface area contributed by atoms with E-state index in [1.807, 2.05) is 6.20 Å². The number of aromatic nitrogens is 2. The minimum absolute atomic E-state index is 0.00165. The first-order valence-electron chi connectivity index (χ1n) is 7.76. The molecule has 2 heterocycles. The van der Waals surface area contributed by atoms with Crippen molar-refractivity contribution in [2.75, 3.05) is 24.5 Å². The lowest BCUT2D eigenvalue weighted by Gasteiger charge is -2.28. The summed E-state index contributed by atoms with van der Waals surface area (Å²) < 4.78 is 1.56. The average molecular weight is 278 g/mol. The molecule has 20 heavy (non-hydrogen) atoms. The van der Waals surface area contributed by atoms with Crippen LogP contribution in [0.5, 0.6) is 0 Å². The van der Waals surface area contributed by atoms with E-state index in [4.69, 9.17) is 0 Å². The Morgan fingerprint density at radius 1 is 1.35 bits per heavy atom. The number of piperidine rings is 1. The van der Waals surface area contributed by atoms with E-state index in [1.165, 1.54) is 19.3 Å². The van der Waals surface area contributed by atoms with E-state index in [0.29, 0.717) is 6.54 Å². The molecule has 0 aliphatic carbocycles. The standard InChI is InChI=1S/C15H26N4O/c1-3-7-16-13(2)12-19-15(20)10-14(11-17-19)18-8-5-4-6-9-18/h10-11,13,16H,3-9,12H2,1-2H3. The number of nitrogens with one attached hydrogen (secondary N) is 1. The highest BCUT2D eigenvalue weighted by atomic mass is 16.1. The maximum absolute atomic E-state index is 12.1. The maximum atomic E-state index is 12.1. The number of hydrogen-bond donors (Lipinski definition) is 1. The monoisotopic (exact) mass is 278 g/mol. The Kier molecular flexibility index (Phi) is 5.59. The second kappa shape index (κ2) is 7.43. The summed E-state index contributed by atoms with van der Waals surface area (Å²) in [7, 11) is 0. The van der Waals surface area contributed by atoms with Gasteiger partial charge in [0.1, 0.15) is 0 Å². The van der Waals surface area contributed by atoms with E-state index in [9.17, 15) is 4.79 Å². The molecule has 1 N–H and O–H groups in total. The van der Waals surface area contributed by atoms with Gasteiger partial charge in [0, 0.05) is 25.2 Å². The molecule has 1 fully saturated rings. The molecule has 1 unspecified atom stereocenters. The largest absolute Gasteiger partial charge is 0.370 e. The summed E-state index contributed by atoms with van der Waals surface area (Å²) in [5.41, 5.74) is 0.971. The van der Waals surface area contributed by atoms with E-state index in [1.54, 1.807) is 10.7 Å². The first kappa shape index (κ1) is 15.0. The predicted molar refractivity (Wildman–Crippen MR) is 82.3 cm³/mol. The summed E-state index contributed by atoms with van der Waals surface area (Å²) in [6.07, 6.45) is 6.64. The average Bonchev–Trinajstić information content (AvgIpc) is 2.48.